The summed E-state index contributed by atoms with van der Waals surface area (Å²) >= 11 is 0. The van der Waals surface area contributed by atoms with Gasteiger partial charge in [-0.25, -0.2) is 0 Å². The highest BCUT2D eigenvalue weighted by Crippen LogP contribution is 2.28. The van der Waals surface area contributed by atoms with Gasteiger partial charge in [-0.3, -0.25) is 4.79 Å². The first-order valence-electron chi connectivity index (χ1n) is 8.76. The Morgan fingerprint density at radius 1 is 1.04 bits per heavy atom. The van der Waals surface area contributed by atoms with E-state index in [-0.39, 0.29) is 5.91 Å². The molecule has 0 atom stereocenters. The molecule has 4 rings (SSSR count). The summed E-state index contributed by atoms with van der Waals surface area (Å²) in [6.45, 7) is 0.674. The van der Waals surface area contributed by atoms with Gasteiger partial charge in [0.1, 0.15) is 6.07 Å². The van der Waals surface area contributed by atoms with Gasteiger partial charge in [-0.2, -0.15) is 5.26 Å². The Bertz CT molecular complexity index is 1020. The molecule has 6 nitrogen and oxygen atoms in total. The van der Waals surface area contributed by atoms with Gasteiger partial charge < -0.3 is 10.2 Å². The maximum Gasteiger partial charge on any atom is 0.278 e. The van der Waals surface area contributed by atoms with E-state index in [2.05, 4.69) is 27.6 Å². The Kier molecular flexibility index (Phi) is 4.50. The summed E-state index contributed by atoms with van der Waals surface area (Å²) in [6, 6.07) is 20.6. The first-order valence-corrected chi connectivity index (χ1v) is 8.76. The molecule has 2 aromatic carbocycles. The summed E-state index contributed by atoms with van der Waals surface area (Å²) < 4.78 is 0. The molecule has 0 aliphatic carbocycles. The van der Waals surface area contributed by atoms with Crippen LogP contribution in [0.5, 0.6) is 0 Å². The number of nitriles is 1. The third-order valence-corrected chi connectivity index (χ3v) is 4.55. The quantitative estimate of drug-likeness (QED) is 0.775. The lowest BCUT2D eigenvalue weighted by Crippen LogP contribution is -2.36. The highest BCUT2D eigenvalue weighted by atomic mass is 16.2. The number of nitrogens with one attached hydrogen (secondary N) is 1. The van der Waals surface area contributed by atoms with E-state index in [1.54, 1.807) is 35.2 Å². The van der Waals surface area contributed by atoms with Gasteiger partial charge in [0.2, 0.25) is 0 Å². The zero-order chi connectivity index (χ0) is 18.6. The minimum absolute atomic E-state index is 0.154. The number of fused-ring (bicyclic) bond motifs is 1. The number of amides is 1. The monoisotopic (exact) mass is 355 g/mol. The molecule has 0 unspecified atom stereocenters. The van der Waals surface area contributed by atoms with Gasteiger partial charge in [0.25, 0.3) is 5.91 Å². The largest absolute Gasteiger partial charge is 0.338 e. The molecule has 27 heavy (non-hydrogen) atoms. The number of rotatable bonds is 3. The van der Waals surface area contributed by atoms with Crippen LogP contribution in [0.15, 0.2) is 60.7 Å². The average Bonchev–Trinajstić information content (AvgIpc) is 2.74. The van der Waals surface area contributed by atoms with Crippen molar-refractivity contribution in [2.24, 2.45) is 0 Å². The fourth-order valence-corrected chi connectivity index (χ4v) is 3.22. The summed E-state index contributed by atoms with van der Waals surface area (Å²) in [6.07, 6.45) is 1.91. The van der Waals surface area contributed by atoms with Gasteiger partial charge in [0.15, 0.2) is 11.5 Å². The number of hydrogen-bond donors (Lipinski definition) is 1. The molecule has 1 aliphatic heterocycles. The molecular formula is C21H17N5O. The van der Waals surface area contributed by atoms with E-state index in [0.717, 1.165) is 18.5 Å². The van der Waals surface area contributed by atoms with E-state index >= 15 is 0 Å². The molecule has 0 fully saturated rings. The predicted octanol–water partition coefficient (Wildman–Crippen LogP) is 3.68. The van der Waals surface area contributed by atoms with Crippen molar-refractivity contribution in [2.45, 2.75) is 12.8 Å². The minimum Gasteiger partial charge on any atom is -0.338 e. The van der Waals surface area contributed by atoms with Crippen LogP contribution in [0, 0.1) is 11.3 Å². The second-order valence-electron chi connectivity index (χ2n) is 6.28. The van der Waals surface area contributed by atoms with Crippen LogP contribution in [0.1, 0.15) is 28.0 Å². The molecule has 0 saturated heterocycles. The number of nitrogens with zero attached hydrogens (tertiary/aromatic N) is 4. The maximum atomic E-state index is 12.9. The van der Waals surface area contributed by atoms with E-state index in [0.29, 0.717) is 29.3 Å². The first kappa shape index (κ1) is 16.7. The highest BCUT2D eigenvalue weighted by Gasteiger charge is 2.24. The SMILES string of the molecule is N#Cc1ccccc1Nc1ccc(C(=O)N2CCCc3ccccc32)nn1. The van der Waals surface area contributed by atoms with E-state index in [1.807, 2.05) is 24.3 Å². The minimum atomic E-state index is -0.154. The van der Waals surface area contributed by atoms with Gasteiger partial charge >= 0.3 is 0 Å². The smallest absolute Gasteiger partial charge is 0.278 e. The summed E-state index contributed by atoms with van der Waals surface area (Å²) in [4.78, 5) is 14.7. The highest BCUT2D eigenvalue weighted by molar-refractivity contribution is 6.05. The summed E-state index contributed by atoms with van der Waals surface area (Å²) in [5, 5.41) is 20.4. The van der Waals surface area contributed by atoms with Gasteiger partial charge in [-0.05, 0) is 48.7 Å². The molecular weight excluding hydrogens is 338 g/mol. The molecule has 132 valence electrons. The molecule has 3 aromatic rings. The Labute approximate surface area is 157 Å². The number of carbonyl (C=O) groups is 1. The van der Waals surface area contributed by atoms with Gasteiger partial charge in [-0.1, -0.05) is 30.3 Å². The van der Waals surface area contributed by atoms with Crippen molar-refractivity contribution >= 4 is 23.1 Å². The van der Waals surface area contributed by atoms with Gasteiger partial charge in [-0.15, -0.1) is 10.2 Å². The second-order valence-corrected chi connectivity index (χ2v) is 6.28. The molecule has 1 aromatic heterocycles. The Morgan fingerprint density at radius 3 is 2.67 bits per heavy atom. The zero-order valence-electron chi connectivity index (χ0n) is 14.6. The average molecular weight is 355 g/mol. The van der Waals surface area contributed by atoms with Crippen molar-refractivity contribution in [1.29, 1.82) is 5.26 Å². The molecule has 6 heteroatoms. The predicted molar refractivity (Wildman–Crippen MR) is 103 cm³/mol. The van der Waals surface area contributed by atoms with Gasteiger partial charge in [0, 0.05) is 12.2 Å². The first-order chi connectivity index (χ1) is 13.3. The summed E-state index contributed by atoms with van der Waals surface area (Å²) in [5.74, 6) is 0.326. The van der Waals surface area contributed by atoms with Crippen LogP contribution < -0.4 is 10.2 Å². The number of benzene rings is 2. The van der Waals surface area contributed by atoms with Crippen LogP contribution in [-0.2, 0) is 6.42 Å². The molecule has 0 saturated carbocycles. The lowest BCUT2D eigenvalue weighted by molar-refractivity contribution is 0.0979. The van der Waals surface area contributed by atoms with Crippen molar-refractivity contribution in [3.8, 4) is 6.07 Å². The van der Waals surface area contributed by atoms with Crippen LogP contribution in [0.25, 0.3) is 0 Å². The number of para-hydroxylation sites is 2. The van der Waals surface area contributed by atoms with Crippen LogP contribution in [0.4, 0.5) is 17.2 Å². The van der Waals surface area contributed by atoms with Crippen LogP contribution in [0.2, 0.25) is 0 Å². The third-order valence-electron chi connectivity index (χ3n) is 4.55. The lowest BCUT2D eigenvalue weighted by Gasteiger charge is -2.29. The van der Waals surface area contributed by atoms with Crippen molar-refractivity contribution in [3.05, 3.63) is 77.5 Å². The van der Waals surface area contributed by atoms with Crippen LogP contribution >= 0.6 is 0 Å². The lowest BCUT2D eigenvalue weighted by atomic mass is 10.0. The number of anilines is 3. The Balaban J connectivity index is 1.55. The number of aromatic nitrogens is 2. The third kappa shape index (κ3) is 3.35. The Morgan fingerprint density at radius 2 is 1.85 bits per heavy atom. The fraction of sp³-hybridized carbons (Fsp3) is 0.143. The van der Waals surface area contributed by atoms with E-state index in [9.17, 15) is 4.79 Å². The molecule has 1 amide bonds. The molecule has 0 radical (unpaired) electrons. The molecule has 0 spiro atoms. The molecule has 1 aliphatic rings. The molecule has 1 N–H and O–H groups in total. The number of hydrogen-bond acceptors (Lipinski definition) is 5. The number of aryl methyl sites for hydroxylation is 1. The van der Waals surface area contributed by atoms with Crippen LogP contribution in [-0.4, -0.2) is 22.6 Å². The summed E-state index contributed by atoms with van der Waals surface area (Å²) in [5.41, 5.74) is 3.59. The summed E-state index contributed by atoms with van der Waals surface area (Å²) in [7, 11) is 0. The number of carbonyl (C=O) groups excluding carboxylic acids is 1. The standard InChI is InChI=1S/C21H17N5O/c22-14-16-7-1-3-9-17(16)23-20-12-11-18(24-25-20)21(27)26-13-5-8-15-6-2-4-10-19(15)26/h1-4,6-7,9-12H,5,8,13H2,(H,23,25). The van der Waals surface area contributed by atoms with Crippen molar-refractivity contribution in [3.63, 3.8) is 0 Å². The molecule has 0 bridgehead atoms. The molecule has 2 heterocycles. The van der Waals surface area contributed by atoms with Crippen molar-refractivity contribution < 1.29 is 4.79 Å². The van der Waals surface area contributed by atoms with Crippen LogP contribution in [0.3, 0.4) is 0 Å². The van der Waals surface area contributed by atoms with E-state index < -0.39 is 0 Å². The maximum absolute atomic E-state index is 12.9. The zero-order valence-corrected chi connectivity index (χ0v) is 14.6. The van der Waals surface area contributed by atoms with Crippen molar-refractivity contribution in [1.82, 2.24) is 10.2 Å². The fourth-order valence-electron chi connectivity index (χ4n) is 3.22. The van der Waals surface area contributed by atoms with E-state index in [1.165, 1.54) is 5.56 Å². The topological polar surface area (TPSA) is 81.9 Å². The van der Waals surface area contributed by atoms with Gasteiger partial charge in [0.05, 0.1) is 11.3 Å². The second kappa shape index (κ2) is 7.26. The normalized spacial score (nSPS) is 12.8. The van der Waals surface area contributed by atoms with Crippen molar-refractivity contribution in [2.75, 3.05) is 16.8 Å². The Hall–Kier alpha value is -3.72. The van der Waals surface area contributed by atoms with E-state index in [4.69, 9.17) is 5.26 Å².